The molecule has 2 fully saturated rings. The molecule has 0 saturated heterocycles. The number of allylic oxidation sites excluding steroid dienone is 1. The first-order chi connectivity index (χ1) is 7.86. The van der Waals surface area contributed by atoms with E-state index in [0.717, 1.165) is 24.8 Å². The van der Waals surface area contributed by atoms with Gasteiger partial charge in [-0.25, -0.2) is 0 Å². The molecule has 0 radical (unpaired) electrons. The first-order valence-electron chi connectivity index (χ1n) is 6.56. The smallest absolute Gasteiger partial charge is 0.0775 e. The minimum absolute atomic E-state index is 0.0950. The van der Waals surface area contributed by atoms with Crippen LogP contribution in [0.3, 0.4) is 0 Å². The summed E-state index contributed by atoms with van der Waals surface area (Å²) in [6.07, 6.45) is 2.60. The third kappa shape index (κ3) is 1.98. The van der Waals surface area contributed by atoms with Crippen LogP contribution in [0.25, 0.3) is 0 Å². The molecule has 2 aliphatic carbocycles. The second-order valence-electron chi connectivity index (χ2n) is 6.22. The topological polar surface area (TPSA) is 40.5 Å². The standard InChI is InChI=1S/C15H24O2/c1-9(2)11-5-6-15(4)12(7-11)10(3)13(16)8-14(15)17/h11-14,16-17H,1,3,5-8H2,2,4H3/t11-,12+,13-,14-,15-/m1/s1. The van der Waals surface area contributed by atoms with Crippen LogP contribution in [-0.2, 0) is 0 Å². The molecule has 2 saturated carbocycles. The van der Waals surface area contributed by atoms with E-state index in [0.29, 0.717) is 12.3 Å². The third-order valence-corrected chi connectivity index (χ3v) is 5.13. The maximum absolute atomic E-state index is 10.3. The third-order valence-electron chi connectivity index (χ3n) is 5.13. The van der Waals surface area contributed by atoms with E-state index in [2.05, 4.69) is 27.0 Å². The van der Waals surface area contributed by atoms with E-state index < -0.39 is 12.2 Å². The van der Waals surface area contributed by atoms with Gasteiger partial charge in [-0.15, -0.1) is 0 Å². The molecule has 2 nitrogen and oxygen atoms in total. The van der Waals surface area contributed by atoms with E-state index in [1.807, 2.05) is 0 Å². The Labute approximate surface area is 104 Å². The van der Waals surface area contributed by atoms with Gasteiger partial charge in [0.15, 0.2) is 0 Å². The van der Waals surface area contributed by atoms with Crippen molar-refractivity contribution in [3.05, 3.63) is 24.3 Å². The predicted octanol–water partition coefficient (Wildman–Crippen LogP) is 2.67. The molecule has 17 heavy (non-hydrogen) atoms. The molecule has 96 valence electrons. The second-order valence-corrected chi connectivity index (χ2v) is 6.22. The van der Waals surface area contributed by atoms with Crippen LogP contribution in [0.15, 0.2) is 24.3 Å². The summed E-state index contributed by atoms with van der Waals surface area (Å²) in [5.74, 6) is 0.749. The summed E-state index contributed by atoms with van der Waals surface area (Å²) in [7, 11) is 0. The number of aliphatic hydroxyl groups excluding tert-OH is 2. The molecule has 0 aromatic rings. The van der Waals surface area contributed by atoms with E-state index in [-0.39, 0.29) is 11.3 Å². The van der Waals surface area contributed by atoms with Gasteiger partial charge >= 0.3 is 0 Å². The maximum Gasteiger partial charge on any atom is 0.0775 e. The van der Waals surface area contributed by atoms with Gasteiger partial charge in [-0.2, -0.15) is 0 Å². The number of aliphatic hydroxyl groups is 2. The van der Waals surface area contributed by atoms with Crippen LogP contribution in [0.1, 0.15) is 39.5 Å². The average molecular weight is 236 g/mol. The van der Waals surface area contributed by atoms with Gasteiger partial charge in [0.2, 0.25) is 0 Å². The van der Waals surface area contributed by atoms with Crippen molar-refractivity contribution in [3.63, 3.8) is 0 Å². The monoisotopic (exact) mass is 236 g/mol. The lowest BCUT2D eigenvalue weighted by Crippen LogP contribution is -2.51. The lowest BCUT2D eigenvalue weighted by Gasteiger charge is -2.52. The highest BCUT2D eigenvalue weighted by Crippen LogP contribution is 2.54. The van der Waals surface area contributed by atoms with Gasteiger partial charge in [-0.05, 0) is 43.6 Å². The van der Waals surface area contributed by atoms with E-state index in [1.165, 1.54) is 5.57 Å². The van der Waals surface area contributed by atoms with Crippen molar-refractivity contribution in [2.75, 3.05) is 0 Å². The summed E-state index contributed by atoms with van der Waals surface area (Å²) in [6, 6.07) is 0. The fraction of sp³-hybridized carbons (Fsp3) is 0.733. The largest absolute Gasteiger partial charge is 0.392 e. The van der Waals surface area contributed by atoms with Crippen molar-refractivity contribution >= 4 is 0 Å². The lowest BCUT2D eigenvalue weighted by atomic mass is 9.54. The van der Waals surface area contributed by atoms with E-state index in [1.54, 1.807) is 0 Å². The van der Waals surface area contributed by atoms with E-state index >= 15 is 0 Å². The fourth-order valence-corrected chi connectivity index (χ4v) is 3.62. The van der Waals surface area contributed by atoms with Gasteiger partial charge in [0.25, 0.3) is 0 Å². The van der Waals surface area contributed by atoms with Crippen molar-refractivity contribution in [2.45, 2.75) is 51.7 Å². The molecule has 0 aliphatic heterocycles. The van der Waals surface area contributed by atoms with Crippen LogP contribution in [0.2, 0.25) is 0 Å². The quantitative estimate of drug-likeness (QED) is 0.687. The lowest BCUT2D eigenvalue weighted by molar-refractivity contribution is -0.0801. The summed E-state index contributed by atoms with van der Waals surface area (Å²) in [4.78, 5) is 0. The molecular weight excluding hydrogens is 212 g/mol. The van der Waals surface area contributed by atoms with Crippen molar-refractivity contribution in [1.82, 2.24) is 0 Å². The zero-order valence-corrected chi connectivity index (χ0v) is 10.9. The number of rotatable bonds is 1. The number of hydrogen-bond acceptors (Lipinski definition) is 2. The van der Waals surface area contributed by atoms with Gasteiger partial charge in [-0.3, -0.25) is 0 Å². The van der Waals surface area contributed by atoms with Gasteiger partial charge in [0.05, 0.1) is 12.2 Å². The zero-order chi connectivity index (χ0) is 12.8. The normalized spacial score (nSPS) is 46.5. The molecule has 2 heteroatoms. The Balaban J connectivity index is 2.26. The van der Waals surface area contributed by atoms with Crippen LogP contribution in [-0.4, -0.2) is 22.4 Å². The first-order valence-corrected chi connectivity index (χ1v) is 6.56. The first kappa shape index (κ1) is 12.8. The zero-order valence-electron chi connectivity index (χ0n) is 10.9. The molecule has 0 aromatic heterocycles. The summed E-state index contributed by atoms with van der Waals surface area (Å²) in [5, 5.41) is 20.2. The summed E-state index contributed by atoms with van der Waals surface area (Å²) < 4.78 is 0. The van der Waals surface area contributed by atoms with Crippen molar-refractivity contribution in [1.29, 1.82) is 0 Å². The Kier molecular flexibility index (Phi) is 3.21. The van der Waals surface area contributed by atoms with E-state index in [4.69, 9.17) is 0 Å². The second kappa shape index (κ2) is 4.25. The Morgan fingerprint density at radius 3 is 2.59 bits per heavy atom. The molecule has 0 amide bonds. The Bertz CT molecular complexity index is 347. The van der Waals surface area contributed by atoms with Gasteiger partial charge in [0.1, 0.15) is 0 Å². The summed E-state index contributed by atoms with van der Waals surface area (Å²) in [6.45, 7) is 12.3. The summed E-state index contributed by atoms with van der Waals surface area (Å²) >= 11 is 0. The molecule has 0 heterocycles. The Morgan fingerprint density at radius 2 is 2.00 bits per heavy atom. The highest BCUT2D eigenvalue weighted by Gasteiger charge is 2.50. The molecule has 0 bridgehead atoms. The van der Waals surface area contributed by atoms with Gasteiger partial charge in [-0.1, -0.05) is 25.7 Å². The highest BCUT2D eigenvalue weighted by atomic mass is 16.3. The molecule has 2 rings (SSSR count). The maximum atomic E-state index is 10.3. The van der Waals surface area contributed by atoms with Crippen LogP contribution in [0.5, 0.6) is 0 Å². The van der Waals surface area contributed by atoms with Crippen molar-refractivity contribution in [3.8, 4) is 0 Å². The Morgan fingerprint density at radius 1 is 1.35 bits per heavy atom. The molecular formula is C15H24O2. The van der Waals surface area contributed by atoms with Crippen LogP contribution >= 0.6 is 0 Å². The molecule has 0 aromatic carbocycles. The average Bonchev–Trinajstić information content (AvgIpc) is 2.26. The minimum atomic E-state index is -0.535. The highest BCUT2D eigenvalue weighted by molar-refractivity contribution is 5.21. The van der Waals surface area contributed by atoms with E-state index in [9.17, 15) is 10.2 Å². The molecule has 2 N–H and O–H groups in total. The summed E-state index contributed by atoms with van der Waals surface area (Å²) in [5.41, 5.74) is 2.04. The SMILES string of the molecule is C=C(C)[C@@H]1CC[C@@]2(C)[C@H](O)C[C@@H](O)C(=C)[C@@H]2C1. The van der Waals surface area contributed by atoms with Crippen molar-refractivity contribution in [2.24, 2.45) is 17.3 Å². The Hall–Kier alpha value is -0.600. The predicted molar refractivity (Wildman–Crippen MR) is 69.5 cm³/mol. The minimum Gasteiger partial charge on any atom is -0.392 e. The number of fused-ring (bicyclic) bond motifs is 1. The van der Waals surface area contributed by atoms with Crippen LogP contribution in [0.4, 0.5) is 0 Å². The molecule has 0 spiro atoms. The van der Waals surface area contributed by atoms with Crippen molar-refractivity contribution < 1.29 is 10.2 Å². The number of hydrogen-bond donors (Lipinski definition) is 2. The molecule has 5 atom stereocenters. The van der Waals surface area contributed by atoms with Crippen LogP contribution in [0, 0.1) is 17.3 Å². The van der Waals surface area contributed by atoms with Gasteiger partial charge < -0.3 is 10.2 Å². The molecule has 2 aliphatic rings. The fourth-order valence-electron chi connectivity index (χ4n) is 3.62. The van der Waals surface area contributed by atoms with Gasteiger partial charge in [0, 0.05) is 11.8 Å². The van der Waals surface area contributed by atoms with Crippen LogP contribution < -0.4 is 0 Å². The molecule has 0 unspecified atom stereocenters.